The van der Waals surface area contributed by atoms with Gasteiger partial charge in [0.25, 0.3) is 0 Å². The number of ether oxygens (including phenoxy) is 1. The SMILES string of the molecule is COc1ccc(CCNC(=O)C(C)(C)C(=O)Nc2ccc(Cl)cc2C)cc1. The van der Waals surface area contributed by atoms with Gasteiger partial charge in [-0.1, -0.05) is 23.7 Å². The Morgan fingerprint density at radius 3 is 2.33 bits per heavy atom. The lowest BCUT2D eigenvalue weighted by molar-refractivity contribution is -0.138. The van der Waals surface area contributed by atoms with Gasteiger partial charge in [-0.25, -0.2) is 0 Å². The third-order valence-electron chi connectivity index (χ3n) is 4.43. The maximum Gasteiger partial charge on any atom is 0.239 e. The summed E-state index contributed by atoms with van der Waals surface area (Å²) < 4.78 is 5.13. The Morgan fingerprint density at radius 1 is 1.07 bits per heavy atom. The first-order chi connectivity index (χ1) is 12.7. The highest BCUT2D eigenvalue weighted by Crippen LogP contribution is 2.23. The summed E-state index contributed by atoms with van der Waals surface area (Å²) >= 11 is 5.93. The number of hydrogen-bond acceptors (Lipinski definition) is 3. The summed E-state index contributed by atoms with van der Waals surface area (Å²) in [6.45, 7) is 5.51. The fourth-order valence-electron chi connectivity index (χ4n) is 2.48. The van der Waals surface area contributed by atoms with Crippen LogP contribution in [0.5, 0.6) is 5.75 Å². The average molecular weight is 389 g/mol. The van der Waals surface area contributed by atoms with E-state index in [2.05, 4.69) is 10.6 Å². The predicted molar refractivity (Wildman–Crippen MR) is 108 cm³/mol. The second kappa shape index (κ2) is 8.91. The molecule has 0 saturated heterocycles. The van der Waals surface area contributed by atoms with E-state index in [-0.39, 0.29) is 11.8 Å². The molecule has 0 unspecified atom stereocenters. The molecule has 2 N–H and O–H groups in total. The van der Waals surface area contributed by atoms with Crippen LogP contribution in [0, 0.1) is 12.3 Å². The number of nitrogens with one attached hydrogen (secondary N) is 2. The molecule has 0 aliphatic carbocycles. The van der Waals surface area contributed by atoms with Crippen molar-refractivity contribution in [2.24, 2.45) is 5.41 Å². The first-order valence-electron chi connectivity index (χ1n) is 8.73. The maximum atomic E-state index is 12.6. The first-order valence-corrected chi connectivity index (χ1v) is 9.10. The molecule has 0 bridgehead atoms. The highest BCUT2D eigenvalue weighted by Gasteiger charge is 2.36. The van der Waals surface area contributed by atoms with E-state index in [1.165, 1.54) is 0 Å². The number of carbonyl (C=O) groups excluding carboxylic acids is 2. The van der Waals surface area contributed by atoms with Gasteiger partial charge in [0.15, 0.2) is 0 Å². The lowest BCUT2D eigenvalue weighted by Gasteiger charge is -2.23. The van der Waals surface area contributed by atoms with E-state index < -0.39 is 5.41 Å². The van der Waals surface area contributed by atoms with Crippen LogP contribution < -0.4 is 15.4 Å². The number of anilines is 1. The van der Waals surface area contributed by atoms with Gasteiger partial charge >= 0.3 is 0 Å². The third-order valence-corrected chi connectivity index (χ3v) is 4.67. The van der Waals surface area contributed by atoms with Crippen LogP contribution >= 0.6 is 11.6 Å². The van der Waals surface area contributed by atoms with E-state index in [4.69, 9.17) is 16.3 Å². The number of methoxy groups -OCH3 is 1. The van der Waals surface area contributed by atoms with Gasteiger partial charge in [-0.3, -0.25) is 9.59 Å². The molecular formula is C21H25ClN2O3. The van der Waals surface area contributed by atoms with Crippen LogP contribution in [0.3, 0.4) is 0 Å². The second-order valence-corrected chi connectivity index (χ2v) is 7.33. The van der Waals surface area contributed by atoms with Crippen molar-refractivity contribution in [3.05, 3.63) is 58.6 Å². The molecule has 5 nitrogen and oxygen atoms in total. The summed E-state index contributed by atoms with van der Waals surface area (Å²) in [5.74, 6) is 0.105. The van der Waals surface area contributed by atoms with Crippen molar-refractivity contribution in [1.29, 1.82) is 0 Å². The first kappa shape index (κ1) is 20.8. The van der Waals surface area contributed by atoms with Crippen molar-refractivity contribution in [3.63, 3.8) is 0 Å². The molecule has 2 amide bonds. The highest BCUT2D eigenvalue weighted by atomic mass is 35.5. The zero-order valence-electron chi connectivity index (χ0n) is 16.1. The topological polar surface area (TPSA) is 67.4 Å². The molecule has 0 aliphatic heterocycles. The van der Waals surface area contributed by atoms with Crippen molar-refractivity contribution in [1.82, 2.24) is 5.32 Å². The maximum absolute atomic E-state index is 12.6. The average Bonchev–Trinajstić information content (AvgIpc) is 2.64. The molecule has 27 heavy (non-hydrogen) atoms. The van der Waals surface area contributed by atoms with Crippen LogP contribution in [0.2, 0.25) is 5.02 Å². The predicted octanol–water partition coefficient (Wildman–Crippen LogP) is 3.98. The Bertz CT molecular complexity index is 817. The third kappa shape index (κ3) is 5.47. The van der Waals surface area contributed by atoms with E-state index >= 15 is 0 Å². The number of amides is 2. The molecule has 0 heterocycles. The molecule has 0 aliphatic rings. The molecule has 6 heteroatoms. The summed E-state index contributed by atoms with van der Waals surface area (Å²) in [5, 5.41) is 6.24. The lowest BCUT2D eigenvalue weighted by atomic mass is 9.90. The molecule has 2 aromatic rings. The molecule has 0 spiro atoms. The normalized spacial score (nSPS) is 11.0. The smallest absolute Gasteiger partial charge is 0.239 e. The molecule has 0 aromatic heterocycles. The summed E-state index contributed by atoms with van der Waals surface area (Å²) in [6.07, 6.45) is 0.670. The molecule has 144 valence electrons. The monoisotopic (exact) mass is 388 g/mol. The van der Waals surface area contributed by atoms with Crippen LogP contribution in [-0.4, -0.2) is 25.5 Å². The summed E-state index contributed by atoms with van der Waals surface area (Å²) in [5.41, 5.74) is 1.36. The number of hydrogen-bond donors (Lipinski definition) is 2. The van der Waals surface area contributed by atoms with Gasteiger partial charge in [0.1, 0.15) is 11.2 Å². The summed E-state index contributed by atoms with van der Waals surface area (Å²) in [7, 11) is 1.62. The van der Waals surface area contributed by atoms with Gasteiger partial charge in [0.2, 0.25) is 11.8 Å². The Balaban J connectivity index is 1.91. The molecule has 0 atom stereocenters. The minimum Gasteiger partial charge on any atom is -0.497 e. The van der Waals surface area contributed by atoms with Gasteiger partial charge in [-0.2, -0.15) is 0 Å². The van der Waals surface area contributed by atoms with Gasteiger partial charge < -0.3 is 15.4 Å². The molecule has 0 radical (unpaired) electrons. The van der Waals surface area contributed by atoms with E-state index in [0.717, 1.165) is 16.9 Å². The Labute approximate surface area is 165 Å². The minimum absolute atomic E-state index is 0.319. The number of halogens is 1. The van der Waals surface area contributed by atoms with Crippen LogP contribution in [0.25, 0.3) is 0 Å². The van der Waals surface area contributed by atoms with Crippen LogP contribution in [0.15, 0.2) is 42.5 Å². The molecule has 2 rings (SSSR count). The number of rotatable bonds is 7. The summed E-state index contributed by atoms with van der Waals surface area (Å²) in [6, 6.07) is 12.8. The highest BCUT2D eigenvalue weighted by molar-refractivity contribution is 6.30. The molecule has 0 fully saturated rings. The van der Waals surface area contributed by atoms with Gasteiger partial charge in [-0.15, -0.1) is 0 Å². The Hall–Kier alpha value is -2.53. The van der Waals surface area contributed by atoms with E-state index in [0.29, 0.717) is 23.7 Å². The van der Waals surface area contributed by atoms with Crippen molar-refractivity contribution >= 4 is 29.1 Å². The fraction of sp³-hybridized carbons (Fsp3) is 0.333. The lowest BCUT2D eigenvalue weighted by Crippen LogP contribution is -2.45. The quantitative estimate of drug-likeness (QED) is 0.705. The molecular weight excluding hydrogens is 364 g/mol. The Morgan fingerprint density at radius 2 is 1.74 bits per heavy atom. The summed E-state index contributed by atoms with van der Waals surface area (Å²) in [4.78, 5) is 25.1. The van der Waals surface area contributed by atoms with Crippen molar-refractivity contribution < 1.29 is 14.3 Å². The van der Waals surface area contributed by atoms with E-state index in [9.17, 15) is 9.59 Å². The van der Waals surface area contributed by atoms with Crippen molar-refractivity contribution in [2.45, 2.75) is 27.2 Å². The van der Waals surface area contributed by atoms with E-state index in [1.54, 1.807) is 39.2 Å². The zero-order chi connectivity index (χ0) is 20.0. The van der Waals surface area contributed by atoms with Crippen LogP contribution in [0.4, 0.5) is 5.69 Å². The largest absolute Gasteiger partial charge is 0.497 e. The number of carbonyl (C=O) groups is 2. The van der Waals surface area contributed by atoms with Crippen molar-refractivity contribution in [3.8, 4) is 5.75 Å². The Kier molecular flexibility index (Phi) is 6.86. The fourth-order valence-corrected chi connectivity index (χ4v) is 2.71. The van der Waals surface area contributed by atoms with Gasteiger partial charge in [0, 0.05) is 17.3 Å². The van der Waals surface area contributed by atoms with Crippen LogP contribution in [-0.2, 0) is 16.0 Å². The number of aryl methyl sites for hydroxylation is 1. The van der Waals surface area contributed by atoms with Gasteiger partial charge in [-0.05, 0) is 68.7 Å². The standard InChI is InChI=1S/C21H25ClN2O3/c1-14-13-16(22)7-10-18(14)24-20(26)21(2,3)19(25)23-12-11-15-5-8-17(27-4)9-6-15/h5-10,13H,11-12H2,1-4H3,(H,23,25)(H,24,26). The van der Waals surface area contributed by atoms with Crippen molar-refractivity contribution in [2.75, 3.05) is 19.0 Å². The number of benzene rings is 2. The second-order valence-electron chi connectivity index (χ2n) is 6.89. The molecule has 2 aromatic carbocycles. The van der Waals surface area contributed by atoms with Gasteiger partial charge in [0.05, 0.1) is 7.11 Å². The van der Waals surface area contributed by atoms with E-state index in [1.807, 2.05) is 31.2 Å². The molecule has 0 saturated carbocycles. The zero-order valence-corrected chi connectivity index (χ0v) is 16.8. The van der Waals surface area contributed by atoms with Crippen LogP contribution in [0.1, 0.15) is 25.0 Å². The minimum atomic E-state index is -1.20.